The topological polar surface area (TPSA) is 63.8 Å². The van der Waals surface area contributed by atoms with Gasteiger partial charge in [0.2, 0.25) is 5.89 Å². The zero-order valence-corrected chi connectivity index (χ0v) is 13.1. The van der Waals surface area contributed by atoms with Gasteiger partial charge in [0, 0.05) is 4.88 Å². The van der Waals surface area contributed by atoms with Gasteiger partial charge < -0.3 is 9.40 Å². The Morgan fingerprint density at radius 1 is 1.52 bits per heavy atom. The van der Waals surface area contributed by atoms with Gasteiger partial charge in [-0.3, -0.25) is 9.36 Å². The molecule has 4 rings (SSSR count). The van der Waals surface area contributed by atoms with Gasteiger partial charge in [-0.1, -0.05) is 0 Å². The van der Waals surface area contributed by atoms with Crippen molar-refractivity contribution in [1.29, 1.82) is 0 Å². The summed E-state index contributed by atoms with van der Waals surface area (Å²) in [7, 11) is 0. The molecule has 0 aliphatic heterocycles. The molecule has 0 bridgehead atoms. The van der Waals surface area contributed by atoms with Crippen LogP contribution in [-0.4, -0.2) is 14.5 Å². The molecule has 3 heterocycles. The first-order valence-corrected chi connectivity index (χ1v) is 8.04. The number of fused-ring (bicyclic) bond motifs is 3. The van der Waals surface area contributed by atoms with Gasteiger partial charge in [0.25, 0.3) is 5.56 Å². The molecule has 0 atom stereocenters. The van der Waals surface area contributed by atoms with E-state index in [9.17, 15) is 4.79 Å². The standard InChI is InChI=1S/C14H13N3O2S2/c1-7-5-15-10(19-7)6-17-13(18)11-8-3-2-4-9(8)21-12(11)16-14(17)20/h5H,2-4,6H2,1H3,(H,16,20). The normalized spacial score (nSPS) is 14.0. The van der Waals surface area contributed by atoms with Gasteiger partial charge in [0.1, 0.15) is 17.1 Å². The van der Waals surface area contributed by atoms with Crippen LogP contribution in [0.1, 0.15) is 28.5 Å². The number of rotatable bonds is 2. The van der Waals surface area contributed by atoms with Crippen LogP contribution in [-0.2, 0) is 19.4 Å². The Morgan fingerprint density at radius 2 is 2.38 bits per heavy atom. The smallest absolute Gasteiger partial charge is 0.263 e. The van der Waals surface area contributed by atoms with E-state index in [4.69, 9.17) is 16.6 Å². The number of aryl methyl sites for hydroxylation is 3. The molecule has 0 fully saturated rings. The summed E-state index contributed by atoms with van der Waals surface area (Å²) >= 11 is 6.98. The van der Waals surface area contributed by atoms with Crippen LogP contribution in [0.15, 0.2) is 15.4 Å². The molecule has 0 amide bonds. The molecule has 0 unspecified atom stereocenters. The summed E-state index contributed by atoms with van der Waals surface area (Å²) in [6.45, 7) is 2.09. The second-order valence-corrected chi connectivity index (χ2v) is 6.74. The Balaban J connectivity index is 1.93. The monoisotopic (exact) mass is 319 g/mol. The lowest BCUT2D eigenvalue weighted by Gasteiger charge is -2.04. The maximum Gasteiger partial charge on any atom is 0.263 e. The van der Waals surface area contributed by atoms with Gasteiger partial charge in [-0.15, -0.1) is 11.3 Å². The van der Waals surface area contributed by atoms with Crippen molar-refractivity contribution in [3.63, 3.8) is 0 Å². The van der Waals surface area contributed by atoms with Gasteiger partial charge >= 0.3 is 0 Å². The molecule has 0 radical (unpaired) electrons. The van der Waals surface area contributed by atoms with E-state index >= 15 is 0 Å². The van der Waals surface area contributed by atoms with Gasteiger partial charge in [-0.2, -0.15) is 0 Å². The lowest BCUT2D eigenvalue weighted by atomic mass is 10.2. The predicted molar refractivity (Wildman–Crippen MR) is 83.6 cm³/mol. The highest BCUT2D eigenvalue weighted by Crippen LogP contribution is 2.34. The Hall–Kier alpha value is -1.73. The summed E-state index contributed by atoms with van der Waals surface area (Å²) in [6, 6.07) is 0. The van der Waals surface area contributed by atoms with Crippen LogP contribution in [0.4, 0.5) is 0 Å². The fourth-order valence-electron chi connectivity index (χ4n) is 2.86. The maximum absolute atomic E-state index is 12.8. The minimum atomic E-state index is -0.0380. The number of hydrogen-bond acceptors (Lipinski definition) is 5. The molecule has 1 N–H and O–H groups in total. The number of H-pyrrole nitrogens is 1. The Labute approximate surface area is 129 Å². The minimum Gasteiger partial charge on any atom is -0.444 e. The van der Waals surface area contributed by atoms with Crippen molar-refractivity contribution < 1.29 is 4.42 Å². The third-order valence-electron chi connectivity index (χ3n) is 3.81. The molecule has 0 saturated heterocycles. The molecule has 21 heavy (non-hydrogen) atoms. The molecule has 0 spiro atoms. The fraction of sp³-hybridized carbons (Fsp3) is 0.357. The van der Waals surface area contributed by atoms with E-state index in [2.05, 4.69) is 9.97 Å². The van der Waals surface area contributed by atoms with E-state index in [1.54, 1.807) is 17.5 Å². The average molecular weight is 319 g/mol. The van der Waals surface area contributed by atoms with E-state index in [0.717, 1.165) is 35.2 Å². The first-order valence-electron chi connectivity index (χ1n) is 6.82. The van der Waals surface area contributed by atoms with E-state index in [1.807, 2.05) is 6.92 Å². The largest absolute Gasteiger partial charge is 0.444 e. The quantitative estimate of drug-likeness (QED) is 0.738. The highest BCUT2D eigenvalue weighted by Gasteiger charge is 2.21. The lowest BCUT2D eigenvalue weighted by Crippen LogP contribution is -2.23. The van der Waals surface area contributed by atoms with Crippen LogP contribution in [0.25, 0.3) is 10.2 Å². The second-order valence-electron chi connectivity index (χ2n) is 5.25. The molecule has 0 saturated carbocycles. The van der Waals surface area contributed by atoms with Crippen LogP contribution in [0, 0.1) is 11.7 Å². The summed E-state index contributed by atoms with van der Waals surface area (Å²) in [5, 5.41) is 0.796. The minimum absolute atomic E-state index is 0.0380. The highest BCUT2D eigenvalue weighted by molar-refractivity contribution is 7.71. The van der Waals surface area contributed by atoms with Crippen LogP contribution in [0.2, 0.25) is 0 Å². The van der Waals surface area contributed by atoms with Crippen molar-refractivity contribution >= 4 is 33.8 Å². The zero-order valence-electron chi connectivity index (χ0n) is 11.4. The summed E-state index contributed by atoms with van der Waals surface area (Å²) in [5.41, 5.74) is 1.16. The Morgan fingerprint density at radius 3 is 3.14 bits per heavy atom. The lowest BCUT2D eigenvalue weighted by molar-refractivity contribution is 0.452. The summed E-state index contributed by atoms with van der Waals surface area (Å²) in [6.07, 6.45) is 4.82. The van der Waals surface area contributed by atoms with Crippen molar-refractivity contribution in [3.05, 3.63) is 43.4 Å². The summed E-state index contributed by atoms with van der Waals surface area (Å²) < 4.78 is 7.41. The third kappa shape index (κ3) is 1.99. The summed E-state index contributed by atoms with van der Waals surface area (Å²) in [4.78, 5) is 22.3. The van der Waals surface area contributed by atoms with E-state index < -0.39 is 0 Å². The molecule has 3 aromatic rings. The van der Waals surface area contributed by atoms with Crippen LogP contribution >= 0.6 is 23.6 Å². The van der Waals surface area contributed by atoms with Crippen molar-refractivity contribution in [2.24, 2.45) is 0 Å². The second kappa shape index (κ2) is 4.64. The molecule has 1 aliphatic rings. The SMILES string of the molecule is Cc1cnc(Cn2c(=S)[nH]c3sc4c(c3c2=O)CCC4)o1. The maximum atomic E-state index is 12.8. The molecule has 3 aromatic heterocycles. The van der Waals surface area contributed by atoms with Gasteiger partial charge in [-0.05, 0) is 44.0 Å². The Bertz CT molecular complexity index is 961. The molecule has 0 aromatic carbocycles. The molecule has 108 valence electrons. The van der Waals surface area contributed by atoms with E-state index in [1.165, 1.54) is 15.0 Å². The zero-order chi connectivity index (χ0) is 14.6. The number of nitrogens with one attached hydrogen (secondary N) is 1. The molecule has 7 heteroatoms. The number of aromatic nitrogens is 3. The Kier molecular flexibility index (Phi) is 2.87. The third-order valence-corrected chi connectivity index (χ3v) is 5.34. The van der Waals surface area contributed by atoms with E-state index in [0.29, 0.717) is 10.7 Å². The first-order chi connectivity index (χ1) is 10.1. The fourth-order valence-corrected chi connectivity index (χ4v) is 4.46. The number of oxazole rings is 1. The summed E-state index contributed by atoms with van der Waals surface area (Å²) in [5.74, 6) is 1.23. The molecule has 1 aliphatic carbocycles. The number of hydrogen-bond donors (Lipinski definition) is 1. The van der Waals surface area contributed by atoms with Crippen molar-refractivity contribution in [3.8, 4) is 0 Å². The molecular formula is C14H13N3O2S2. The molecule has 5 nitrogen and oxygen atoms in total. The number of nitrogens with zero attached hydrogens (tertiary/aromatic N) is 2. The van der Waals surface area contributed by atoms with Crippen LogP contribution in [0.5, 0.6) is 0 Å². The van der Waals surface area contributed by atoms with Crippen molar-refractivity contribution in [2.75, 3.05) is 0 Å². The first kappa shape index (κ1) is 13.0. The van der Waals surface area contributed by atoms with Crippen molar-refractivity contribution in [2.45, 2.75) is 32.7 Å². The average Bonchev–Trinajstić information content (AvgIpc) is 3.10. The van der Waals surface area contributed by atoms with Gasteiger partial charge in [-0.25, -0.2) is 4.98 Å². The molecular weight excluding hydrogens is 306 g/mol. The van der Waals surface area contributed by atoms with Gasteiger partial charge in [0.05, 0.1) is 11.6 Å². The van der Waals surface area contributed by atoms with Crippen LogP contribution in [0.3, 0.4) is 0 Å². The number of thiophene rings is 1. The van der Waals surface area contributed by atoms with E-state index in [-0.39, 0.29) is 12.1 Å². The highest BCUT2D eigenvalue weighted by atomic mass is 32.1. The predicted octanol–water partition coefficient (Wildman–Crippen LogP) is 2.95. The van der Waals surface area contributed by atoms with Gasteiger partial charge in [0.15, 0.2) is 4.77 Å². The number of aromatic amines is 1. The van der Waals surface area contributed by atoms with Crippen molar-refractivity contribution in [1.82, 2.24) is 14.5 Å². The van der Waals surface area contributed by atoms with Crippen LogP contribution < -0.4 is 5.56 Å².